The summed E-state index contributed by atoms with van der Waals surface area (Å²) in [6.45, 7) is 0.238. The summed E-state index contributed by atoms with van der Waals surface area (Å²) >= 11 is 11.3. The SMILES string of the molecule is Nc1cc(Br)c(S(=O)(=O)NCc2cc(Br)cs2)c(Br)c1. The third-order valence-electron chi connectivity index (χ3n) is 2.35. The second kappa shape index (κ2) is 6.45. The maximum Gasteiger partial charge on any atom is 0.243 e. The van der Waals surface area contributed by atoms with Gasteiger partial charge in [-0.05, 0) is 66.0 Å². The molecule has 0 unspecified atom stereocenters. The molecule has 0 aliphatic carbocycles. The van der Waals surface area contributed by atoms with Gasteiger partial charge in [0.25, 0.3) is 0 Å². The van der Waals surface area contributed by atoms with E-state index in [4.69, 9.17) is 5.73 Å². The Morgan fingerprint density at radius 3 is 2.25 bits per heavy atom. The number of sulfonamides is 1. The van der Waals surface area contributed by atoms with Crippen LogP contribution in [0.25, 0.3) is 0 Å². The number of hydrogen-bond donors (Lipinski definition) is 2. The first-order valence-corrected chi connectivity index (χ1v) is 10.0. The van der Waals surface area contributed by atoms with Crippen molar-refractivity contribution in [1.82, 2.24) is 4.72 Å². The predicted molar refractivity (Wildman–Crippen MR) is 92.3 cm³/mol. The Morgan fingerprint density at radius 1 is 1.15 bits per heavy atom. The van der Waals surface area contributed by atoms with Gasteiger partial charge in [-0.3, -0.25) is 0 Å². The van der Waals surface area contributed by atoms with Crippen molar-refractivity contribution in [2.75, 3.05) is 5.73 Å². The molecule has 1 aromatic heterocycles. The van der Waals surface area contributed by atoms with Crippen LogP contribution in [0, 0.1) is 0 Å². The summed E-state index contributed by atoms with van der Waals surface area (Å²) in [6.07, 6.45) is 0. The molecule has 1 heterocycles. The first kappa shape index (κ1) is 16.4. The predicted octanol–water partition coefficient (Wildman–Crippen LogP) is 4.10. The molecule has 0 saturated carbocycles. The summed E-state index contributed by atoms with van der Waals surface area (Å²) in [5.74, 6) is 0. The number of benzene rings is 1. The molecule has 0 bridgehead atoms. The fourth-order valence-corrected chi connectivity index (χ4v) is 6.62. The average Bonchev–Trinajstić information content (AvgIpc) is 2.71. The minimum atomic E-state index is -3.64. The molecule has 0 fully saturated rings. The molecule has 0 atom stereocenters. The van der Waals surface area contributed by atoms with Gasteiger partial charge < -0.3 is 5.73 Å². The quantitative estimate of drug-likeness (QED) is 0.616. The largest absolute Gasteiger partial charge is 0.399 e. The molecule has 0 aliphatic heterocycles. The molecule has 0 radical (unpaired) electrons. The fraction of sp³-hybridized carbons (Fsp3) is 0.0909. The molecule has 0 aliphatic rings. The highest BCUT2D eigenvalue weighted by Gasteiger charge is 2.21. The van der Waals surface area contributed by atoms with Crippen LogP contribution in [-0.4, -0.2) is 8.42 Å². The van der Waals surface area contributed by atoms with Crippen LogP contribution in [0.3, 0.4) is 0 Å². The maximum absolute atomic E-state index is 12.3. The number of thiophene rings is 1. The molecule has 4 nitrogen and oxygen atoms in total. The van der Waals surface area contributed by atoms with Gasteiger partial charge in [0.1, 0.15) is 4.90 Å². The van der Waals surface area contributed by atoms with Crippen molar-refractivity contribution in [1.29, 1.82) is 0 Å². The molecule has 0 saturated heterocycles. The van der Waals surface area contributed by atoms with Gasteiger partial charge in [0.05, 0.1) is 0 Å². The summed E-state index contributed by atoms with van der Waals surface area (Å²) in [4.78, 5) is 1.06. The second-order valence-corrected chi connectivity index (χ2v) is 9.19. The van der Waals surface area contributed by atoms with Gasteiger partial charge in [-0.2, -0.15) is 0 Å². The zero-order chi connectivity index (χ0) is 14.9. The number of halogens is 3. The molecule has 0 amide bonds. The van der Waals surface area contributed by atoms with Crippen molar-refractivity contribution >= 4 is 74.8 Å². The van der Waals surface area contributed by atoms with E-state index in [-0.39, 0.29) is 11.4 Å². The van der Waals surface area contributed by atoms with Gasteiger partial charge in [0.2, 0.25) is 10.0 Å². The molecule has 0 spiro atoms. The van der Waals surface area contributed by atoms with E-state index in [0.29, 0.717) is 14.6 Å². The number of nitrogen functional groups attached to an aromatic ring is 1. The van der Waals surface area contributed by atoms with Crippen molar-refractivity contribution < 1.29 is 8.42 Å². The summed E-state index contributed by atoms with van der Waals surface area (Å²) in [5.41, 5.74) is 6.14. The van der Waals surface area contributed by atoms with E-state index in [0.717, 1.165) is 9.35 Å². The van der Waals surface area contributed by atoms with Crippen LogP contribution in [0.1, 0.15) is 4.88 Å². The monoisotopic (exact) mass is 502 g/mol. The van der Waals surface area contributed by atoms with Crippen molar-refractivity contribution in [3.8, 4) is 0 Å². The van der Waals surface area contributed by atoms with E-state index in [2.05, 4.69) is 52.5 Å². The molecule has 9 heteroatoms. The smallest absolute Gasteiger partial charge is 0.243 e. The summed E-state index contributed by atoms with van der Waals surface area (Å²) in [5, 5.41) is 1.90. The van der Waals surface area contributed by atoms with Crippen LogP contribution < -0.4 is 10.5 Å². The van der Waals surface area contributed by atoms with Gasteiger partial charge in [0, 0.05) is 35.9 Å². The number of nitrogens with one attached hydrogen (secondary N) is 1. The zero-order valence-corrected chi connectivity index (χ0v) is 16.3. The molecule has 108 valence electrons. The Morgan fingerprint density at radius 2 is 1.75 bits per heavy atom. The van der Waals surface area contributed by atoms with E-state index < -0.39 is 10.0 Å². The van der Waals surface area contributed by atoms with Crippen LogP contribution in [0.5, 0.6) is 0 Å². The van der Waals surface area contributed by atoms with Crippen LogP contribution in [0.2, 0.25) is 0 Å². The van der Waals surface area contributed by atoms with Crippen molar-refractivity contribution in [2.45, 2.75) is 11.4 Å². The topological polar surface area (TPSA) is 72.2 Å². The van der Waals surface area contributed by atoms with Crippen molar-refractivity contribution in [2.24, 2.45) is 0 Å². The van der Waals surface area contributed by atoms with E-state index in [9.17, 15) is 8.42 Å². The molecule has 2 rings (SSSR count). The number of nitrogens with two attached hydrogens (primary N) is 1. The minimum absolute atomic E-state index is 0.141. The Balaban J connectivity index is 2.27. The van der Waals surface area contributed by atoms with Gasteiger partial charge in [-0.25, -0.2) is 13.1 Å². The summed E-state index contributed by atoms with van der Waals surface area (Å²) in [7, 11) is -3.64. The highest BCUT2D eigenvalue weighted by Crippen LogP contribution is 2.32. The van der Waals surface area contributed by atoms with Crippen molar-refractivity contribution in [3.05, 3.63) is 41.9 Å². The van der Waals surface area contributed by atoms with Crippen LogP contribution in [0.15, 0.2) is 41.9 Å². The van der Waals surface area contributed by atoms with E-state index >= 15 is 0 Å². The van der Waals surface area contributed by atoms with E-state index in [1.807, 2.05) is 11.4 Å². The van der Waals surface area contributed by atoms with Crippen LogP contribution in [-0.2, 0) is 16.6 Å². The molecule has 2 aromatic rings. The maximum atomic E-state index is 12.3. The number of rotatable bonds is 4. The number of anilines is 1. The lowest BCUT2D eigenvalue weighted by atomic mass is 10.3. The summed E-state index contributed by atoms with van der Waals surface area (Å²) < 4.78 is 29.0. The fourth-order valence-electron chi connectivity index (χ4n) is 1.52. The molecular formula is C11H9Br3N2O2S2. The molecule has 3 N–H and O–H groups in total. The Labute approximate surface area is 146 Å². The zero-order valence-electron chi connectivity index (χ0n) is 9.86. The lowest BCUT2D eigenvalue weighted by Gasteiger charge is -2.10. The average molecular weight is 505 g/mol. The van der Waals surface area contributed by atoms with E-state index in [1.165, 1.54) is 11.3 Å². The Bertz CT molecular complexity index is 721. The number of hydrogen-bond acceptors (Lipinski definition) is 4. The Kier molecular flexibility index (Phi) is 5.30. The van der Waals surface area contributed by atoms with Gasteiger partial charge in [0.15, 0.2) is 0 Å². The van der Waals surface area contributed by atoms with Crippen LogP contribution in [0.4, 0.5) is 5.69 Å². The third-order valence-corrected chi connectivity index (χ3v) is 7.32. The molecular weight excluding hydrogens is 496 g/mol. The van der Waals surface area contributed by atoms with Gasteiger partial charge in [-0.15, -0.1) is 11.3 Å². The second-order valence-electron chi connectivity index (χ2n) is 3.87. The molecule has 1 aromatic carbocycles. The highest BCUT2D eigenvalue weighted by atomic mass is 79.9. The Hall–Kier alpha value is 0.0700. The minimum Gasteiger partial charge on any atom is -0.399 e. The van der Waals surface area contributed by atoms with Gasteiger partial charge >= 0.3 is 0 Å². The van der Waals surface area contributed by atoms with Gasteiger partial charge in [-0.1, -0.05) is 0 Å². The van der Waals surface area contributed by atoms with Crippen molar-refractivity contribution in [3.63, 3.8) is 0 Å². The van der Waals surface area contributed by atoms with Crippen LogP contribution >= 0.6 is 59.1 Å². The molecule has 20 heavy (non-hydrogen) atoms. The standard InChI is InChI=1S/C11H9Br3N2O2S2/c12-6-1-8(19-5-6)4-16-20(17,18)11-9(13)2-7(15)3-10(11)14/h1-3,5,16H,4,15H2. The third kappa shape index (κ3) is 3.83. The highest BCUT2D eigenvalue weighted by molar-refractivity contribution is 9.11. The first-order chi connectivity index (χ1) is 9.29. The summed E-state index contributed by atoms with van der Waals surface area (Å²) in [6, 6.07) is 4.99. The lowest BCUT2D eigenvalue weighted by molar-refractivity contribution is 0.581. The van der Waals surface area contributed by atoms with E-state index in [1.54, 1.807) is 12.1 Å². The lowest BCUT2D eigenvalue weighted by Crippen LogP contribution is -2.23. The normalized spacial score (nSPS) is 11.8. The first-order valence-electron chi connectivity index (χ1n) is 5.26.